The Kier molecular flexibility index (Phi) is 5.33. The number of methoxy groups -OCH3 is 1. The first kappa shape index (κ1) is 18.4. The number of rotatable bonds is 6. The highest BCUT2D eigenvalue weighted by Crippen LogP contribution is 2.28. The summed E-state index contributed by atoms with van der Waals surface area (Å²) in [7, 11) is 1.60. The van der Waals surface area contributed by atoms with Crippen molar-refractivity contribution >= 4 is 11.9 Å². The zero-order valence-corrected chi connectivity index (χ0v) is 15.9. The second-order valence-electron chi connectivity index (χ2n) is 6.45. The average molecular weight is 384 g/mol. The topological polar surface area (TPSA) is 79.9 Å². The van der Waals surface area contributed by atoms with Crippen LogP contribution in [0, 0.1) is 0 Å². The molecule has 0 saturated carbocycles. The van der Waals surface area contributed by atoms with E-state index in [-0.39, 0.29) is 11.9 Å². The van der Waals surface area contributed by atoms with Crippen molar-refractivity contribution in [1.29, 1.82) is 0 Å². The van der Waals surface area contributed by atoms with Crippen molar-refractivity contribution in [2.75, 3.05) is 12.4 Å². The van der Waals surface area contributed by atoms with Crippen LogP contribution in [0.4, 0.5) is 5.95 Å². The van der Waals surface area contributed by atoms with Gasteiger partial charge in [0.15, 0.2) is 5.82 Å². The Morgan fingerprint density at radius 3 is 2.10 bits per heavy atom. The molecule has 0 aliphatic heterocycles. The number of nitrogens with one attached hydrogen (secondary N) is 2. The molecule has 4 aromatic rings. The van der Waals surface area contributed by atoms with Gasteiger partial charge >= 0.3 is 0 Å². The SMILES string of the molecule is COc1ccccc1-c1nc(NC(=O)C(c2ccccc2)c2ccccc2)n[nH]1. The van der Waals surface area contributed by atoms with E-state index < -0.39 is 5.92 Å². The molecule has 1 heterocycles. The Balaban J connectivity index is 1.61. The third kappa shape index (κ3) is 4.01. The molecule has 0 spiro atoms. The minimum Gasteiger partial charge on any atom is -0.496 e. The van der Waals surface area contributed by atoms with E-state index in [1.54, 1.807) is 7.11 Å². The van der Waals surface area contributed by atoms with E-state index in [0.29, 0.717) is 11.6 Å². The Morgan fingerprint density at radius 2 is 1.48 bits per heavy atom. The summed E-state index contributed by atoms with van der Waals surface area (Å²) in [6, 6.07) is 26.8. The van der Waals surface area contributed by atoms with Crippen LogP contribution in [0.15, 0.2) is 84.9 Å². The van der Waals surface area contributed by atoms with Crippen LogP contribution in [0.5, 0.6) is 5.75 Å². The lowest BCUT2D eigenvalue weighted by molar-refractivity contribution is -0.116. The number of ether oxygens (including phenoxy) is 1. The third-order valence-corrected chi connectivity index (χ3v) is 4.61. The quantitative estimate of drug-likeness (QED) is 0.521. The van der Waals surface area contributed by atoms with Crippen molar-refractivity contribution in [2.24, 2.45) is 0 Å². The highest BCUT2D eigenvalue weighted by molar-refractivity contribution is 5.97. The molecular formula is C23H20N4O2. The zero-order chi connectivity index (χ0) is 20.1. The van der Waals surface area contributed by atoms with Gasteiger partial charge in [0.1, 0.15) is 5.75 Å². The Hall–Kier alpha value is -3.93. The fourth-order valence-corrected chi connectivity index (χ4v) is 3.25. The molecule has 0 saturated heterocycles. The Morgan fingerprint density at radius 1 is 0.897 bits per heavy atom. The van der Waals surface area contributed by atoms with Crippen molar-refractivity contribution in [3.63, 3.8) is 0 Å². The van der Waals surface area contributed by atoms with Crippen LogP contribution in [0.1, 0.15) is 17.0 Å². The number of hydrogen-bond donors (Lipinski definition) is 2. The van der Waals surface area contributed by atoms with Gasteiger partial charge in [-0.25, -0.2) is 0 Å². The molecule has 144 valence electrons. The molecule has 0 atom stereocenters. The summed E-state index contributed by atoms with van der Waals surface area (Å²) in [6.45, 7) is 0. The maximum absolute atomic E-state index is 13.2. The molecule has 3 aromatic carbocycles. The monoisotopic (exact) mass is 384 g/mol. The largest absolute Gasteiger partial charge is 0.496 e. The molecule has 0 aliphatic carbocycles. The lowest BCUT2D eigenvalue weighted by atomic mass is 9.90. The van der Waals surface area contributed by atoms with Gasteiger partial charge in [-0.1, -0.05) is 72.8 Å². The predicted octanol–water partition coefficient (Wildman–Crippen LogP) is 4.25. The van der Waals surface area contributed by atoms with Gasteiger partial charge in [-0.15, -0.1) is 5.10 Å². The van der Waals surface area contributed by atoms with Crippen LogP contribution >= 0.6 is 0 Å². The van der Waals surface area contributed by atoms with Gasteiger partial charge in [0.05, 0.1) is 18.6 Å². The molecule has 4 rings (SSSR count). The first-order chi connectivity index (χ1) is 14.3. The summed E-state index contributed by atoms with van der Waals surface area (Å²) in [5.41, 5.74) is 2.57. The van der Waals surface area contributed by atoms with Crippen LogP contribution in [0.3, 0.4) is 0 Å². The number of benzene rings is 3. The first-order valence-electron chi connectivity index (χ1n) is 9.23. The summed E-state index contributed by atoms with van der Waals surface area (Å²) in [5.74, 6) is 0.744. The molecule has 0 aliphatic rings. The van der Waals surface area contributed by atoms with Crippen molar-refractivity contribution in [2.45, 2.75) is 5.92 Å². The van der Waals surface area contributed by atoms with E-state index in [4.69, 9.17) is 4.74 Å². The van der Waals surface area contributed by atoms with Gasteiger partial charge in [0.25, 0.3) is 0 Å². The second-order valence-corrected chi connectivity index (χ2v) is 6.45. The van der Waals surface area contributed by atoms with Gasteiger partial charge in [-0.2, -0.15) is 4.98 Å². The summed E-state index contributed by atoms with van der Waals surface area (Å²) in [4.78, 5) is 17.6. The zero-order valence-electron chi connectivity index (χ0n) is 15.9. The van der Waals surface area contributed by atoms with E-state index in [0.717, 1.165) is 16.7 Å². The van der Waals surface area contributed by atoms with Gasteiger partial charge in [0, 0.05) is 0 Å². The Bertz CT molecular complexity index is 1050. The third-order valence-electron chi connectivity index (χ3n) is 4.61. The Labute approximate surface area is 168 Å². The fraction of sp³-hybridized carbons (Fsp3) is 0.0870. The normalized spacial score (nSPS) is 10.7. The predicted molar refractivity (Wildman–Crippen MR) is 112 cm³/mol. The van der Waals surface area contributed by atoms with Crippen LogP contribution in [0.2, 0.25) is 0 Å². The minimum atomic E-state index is -0.467. The number of aromatic nitrogens is 3. The minimum absolute atomic E-state index is 0.201. The van der Waals surface area contributed by atoms with Crippen LogP contribution in [-0.4, -0.2) is 28.2 Å². The van der Waals surface area contributed by atoms with Gasteiger partial charge in [0.2, 0.25) is 11.9 Å². The number of hydrogen-bond acceptors (Lipinski definition) is 4. The first-order valence-corrected chi connectivity index (χ1v) is 9.23. The number of aromatic amines is 1. The van der Waals surface area contributed by atoms with E-state index in [1.165, 1.54) is 0 Å². The van der Waals surface area contributed by atoms with Crippen molar-refractivity contribution in [1.82, 2.24) is 15.2 Å². The number of para-hydroxylation sites is 1. The lowest BCUT2D eigenvalue weighted by Gasteiger charge is -2.16. The maximum Gasteiger partial charge on any atom is 0.249 e. The fourth-order valence-electron chi connectivity index (χ4n) is 3.25. The highest BCUT2D eigenvalue weighted by Gasteiger charge is 2.24. The number of nitrogens with zero attached hydrogens (tertiary/aromatic N) is 2. The van der Waals surface area contributed by atoms with Gasteiger partial charge in [-0.05, 0) is 23.3 Å². The maximum atomic E-state index is 13.2. The molecule has 1 amide bonds. The molecule has 2 N–H and O–H groups in total. The molecule has 29 heavy (non-hydrogen) atoms. The molecule has 0 bridgehead atoms. The van der Waals surface area contributed by atoms with E-state index in [1.807, 2.05) is 84.9 Å². The molecule has 0 radical (unpaired) electrons. The van der Waals surface area contributed by atoms with Gasteiger partial charge < -0.3 is 4.74 Å². The average Bonchev–Trinajstić information content (AvgIpc) is 3.23. The summed E-state index contributed by atoms with van der Waals surface area (Å²) in [5, 5.41) is 9.85. The summed E-state index contributed by atoms with van der Waals surface area (Å²) in [6.07, 6.45) is 0. The van der Waals surface area contributed by atoms with Crippen LogP contribution in [-0.2, 0) is 4.79 Å². The molecule has 0 fully saturated rings. The number of anilines is 1. The van der Waals surface area contributed by atoms with Crippen LogP contribution in [0.25, 0.3) is 11.4 Å². The molecule has 1 aromatic heterocycles. The second kappa shape index (κ2) is 8.39. The molecule has 6 heteroatoms. The van der Waals surface area contributed by atoms with Gasteiger partial charge in [-0.3, -0.25) is 15.2 Å². The van der Waals surface area contributed by atoms with Crippen LogP contribution < -0.4 is 10.1 Å². The van der Waals surface area contributed by atoms with E-state index >= 15 is 0 Å². The molecular weight excluding hydrogens is 364 g/mol. The van der Waals surface area contributed by atoms with E-state index in [9.17, 15) is 4.79 Å². The molecule has 0 unspecified atom stereocenters. The van der Waals surface area contributed by atoms with Crippen molar-refractivity contribution < 1.29 is 9.53 Å². The number of carbonyl (C=O) groups excluding carboxylic acids is 1. The highest BCUT2D eigenvalue weighted by atomic mass is 16.5. The van der Waals surface area contributed by atoms with Crippen molar-refractivity contribution in [3.05, 3.63) is 96.1 Å². The summed E-state index contributed by atoms with van der Waals surface area (Å²) < 4.78 is 5.37. The smallest absolute Gasteiger partial charge is 0.249 e. The summed E-state index contributed by atoms with van der Waals surface area (Å²) >= 11 is 0. The van der Waals surface area contributed by atoms with Crippen molar-refractivity contribution in [3.8, 4) is 17.1 Å². The lowest BCUT2D eigenvalue weighted by Crippen LogP contribution is -2.22. The molecule has 6 nitrogen and oxygen atoms in total. The number of H-pyrrole nitrogens is 1. The number of carbonyl (C=O) groups is 1. The standard InChI is InChI=1S/C23H20N4O2/c1-29-19-15-9-8-14-18(19)21-24-23(27-26-21)25-22(28)20(16-10-4-2-5-11-16)17-12-6-3-7-13-17/h2-15,20H,1H3,(H2,24,25,26,27,28). The number of amides is 1. The van der Waals surface area contributed by atoms with E-state index in [2.05, 4.69) is 20.5 Å².